The van der Waals surface area contributed by atoms with E-state index < -0.39 is 51.1 Å². The van der Waals surface area contributed by atoms with E-state index in [0.29, 0.717) is 12.8 Å². The molecule has 0 radical (unpaired) electrons. The third kappa shape index (κ3) is 39.3. The van der Waals surface area contributed by atoms with Gasteiger partial charge >= 0.3 is 25.7 Å². The molecule has 0 aromatic heterocycles. The standard InChI is InChI=1S/C44H86NO10P/c1-3-5-7-9-11-13-15-17-18-19-20-21-22-23-24-26-28-30-32-34-36-43(47)55-40(38-53-56(50,51)54-39-41(45)44(48)49)37-52-42(46)35-33-31-29-27-25-16-14-12-10-8-6-4-2/h40-41H,3-39,45H2,1-2H3,(H,48,49)(H,50,51). The minimum Gasteiger partial charge on any atom is -0.480 e. The molecule has 4 N–H and O–H groups in total. The number of unbranched alkanes of at least 4 members (excludes halogenated alkanes) is 30. The highest BCUT2D eigenvalue weighted by atomic mass is 31.2. The molecule has 56 heavy (non-hydrogen) atoms. The Kier molecular flexibility index (Phi) is 39.2. The molecule has 0 spiro atoms. The maximum Gasteiger partial charge on any atom is 0.472 e. The van der Waals surface area contributed by atoms with Gasteiger partial charge in [0.05, 0.1) is 13.2 Å². The Bertz CT molecular complexity index is 968. The van der Waals surface area contributed by atoms with E-state index >= 15 is 0 Å². The number of carbonyl (C=O) groups excluding carboxylic acids is 2. The average Bonchev–Trinajstić information content (AvgIpc) is 3.17. The van der Waals surface area contributed by atoms with Crippen molar-refractivity contribution in [1.82, 2.24) is 0 Å². The first-order valence-corrected chi connectivity index (χ1v) is 24.6. The number of phosphoric acid groups is 1. The second-order valence-electron chi connectivity index (χ2n) is 15.9. The molecule has 0 aliphatic rings. The van der Waals surface area contributed by atoms with Crippen molar-refractivity contribution in [1.29, 1.82) is 0 Å². The minimum absolute atomic E-state index is 0.170. The molecule has 0 aromatic rings. The quantitative estimate of drug-likeness (QED) is 0.0303. The summed E-state index contributed by atoms with van der Waals surface area (Å²) in [5.74, 6) is -2.36. The largest absolute Gasteiger partial charge is 0.480 e. The number of phosphoric ester groups is 1. The first kappa shape index (κ1) is 54.5. The summed E-state index contributed by atoms with van der Waals surface area (Å²) < 4.78 is 32.7. The lowest BCUT2D eigenvalue weighted by Gasteiger charge is -2.20. The van der Waals surface area contributed by atoms with Crippen LogP contribution in [0, 0.1) is 0 Å². The van der Waals surface area contributed by atoms with E-state index in [0.717, 1.165) is 38.5 Å². The van der Waals surface area contributed by atoms with Gasteiger partial charge in [-0.05, 0) is 12.8 Å². The van der Waals surface area contributed by atoms with E-state index in [2.05, 4.69) is 18.4 Å². The predicted molar refractivity (Wildman–Crippen MR) is 227 cm³/mol. The Hall–Kier alpha value is -1.52. The van der Waals surface area contributed by atoms with Crippen LogP contribution in [0.25, 0.3) is 0 Å². The van der Waals surface area contributed by atoms with Crippen LogP contribution in [0.5, 0.6) is 0 Å². The maximum atomic E-state index is 12.6. The van der Waals surface area contributed by atoms with Gasteiger partial charge in [-0.3, -0.25) is 23.4 Å². The minimum atomic E-state index is -4.71. The molecule has 11 nitrogen and oxygen atoms in total. The van der Waals surface area contributed by atoms with Crippen LogP contribution in [0.2, 0.25) is 0 Å². The summed E-state index contributed by atoms with van der Waals surface area (Å²) in [7, 11) is -4.71. The van der Waals surface area contributed by atoms with Gasteiger partial charge in [0.2, 0.25) is 0 Å². The molecule has 332 valence electrons. The number of ether oxygens (including phenoxy) is 2. The number of hydrogen-bond donors (Lipinski definition) is 3. The molecule has 0 rings (SSSR count). The van der Waals surface area contributed by atoms with Gasteiger partial charge in [-0.2, -0.15) is 0 Å². The van der Waals surface area contributed by atoms with Crippen LogP contribution in [0.3, 0.4) is 0 Å². The fourth-order valence-corrected chi connectivity index (χ4v) is 7.49. The molecule has 3 atom stereocenters. The van der Waals surface area contributed by atoms with Crippen molar-refractivity contribution < 1.29 is 47.5 Å². The molecule has 0 saturated heterocycles. The molecule has 0 amide bonds. The summed E-state index contributed by atoms with van der Waals surface area (Å²) >= 11 is 0. The summed E-state index contributed by atoms with van der Waals surface area (Å²) in [6.45, 7) is 2.84. The molecule has 0 heterocycles. The van der Waals surface area contributed by atoms with Crippen molar-refractivity contribution in [3.8, 4) is 0 Å². The van der Waals surface area contributed by atoms with Crippen molar-refractivity contribution in [2.75, 3.05) is 19.8 Å². The molecular weight excluding hydrogens is 733 g/mol. The molecule has 0 saturated carbocycles. The highest BCUT2D eigenvalue weighted by Gasteiger charge is 2.28. The number of hydrogen-bond acceptors (Lipinski definition) is 9. The molecule has 0 aliphatic carbocycles. The Balaban J connectivity index is 4.23. The first-order valence-electron chi connectivity index (χ1n) is 23.1. The number of aliphatic carboxylic acids is 1. The number of carboxylic acid groups (broad SMARTS) is 1. The van der Waals surface area contributed by atoms with E-state index in [1.54, 1.807) is 0 Å². The van der Waals surface area contributed by atoms with Crippen LogP contribution in [0.4, 0.5) is 0 Å². The number of nitrogens with two attached hydrogens (primary N) is 1. The van der Waals surface area contributed by atoms with Gasteiger partial charge in [0.15, 0.2) is 6.10 Å². The van der Waals surface area contributed by atoms with Gasteiger partial charge < -0.3 is 25.2 Å². The fraction of sp³-hybridized carbons (Fsp3) is 0.932. The first-order chi connectivity index (χ1) is 27.1. The van der Waals surface area contributed by atoms with Gasteiger partial charge in [0.25, 0.3) is 0 Å². The van der Waals surface area contributed by atoms with Gasteiger partial charge in [0, 0.05) is 12.8 Å². The highest BCUT2D eigenvalue weighted by Crippen LogP contribution is 2.43. The maximum absolute atomic E-state index is 12.6. The summed E-state index contributed by atoms with van der Waals surface area (Å²) in [6.07, 6.45) is 38.8. The van der Waals surface area contributed by atoms with Gasteiger partial charge in [-0.25, -0.2) is 4.57 Å². The van der Waals surface area contributed by atoms with Crippen molar-refractivity contribution in [2.24, 2.45) is 5.73 Å². The van der Waals surface area contributed by atoms with Crippen LogP contribution in [-0.4, -0.2) is 59.9 Å². The second-order valence-corrected chi connectivity index (χ2v) is 17.4. The lowest BCUT2D eigenvalue weighted by molar-refractivity contribution is -0.161. The van der Waals surface area contributed by atoms with Gasteiger partial charge in [0.1, 0.15) is 12.6 Å². The molecule has 0 aromatic carbocycles. The molecule has 0 fully saturated rings. The zero-order chi connectivity index (χ0) is 41.4. The third-order valence-electron chi connectivity index (χ3n) is 10.4. The Morgan fingerprint density at radius 1 is 0.482 bits per heavy atom. The SMILES string of the molecule is CCCCCCCCCCCCCCCCCCCCCCC(=O)OC(COC(=O)CCCCCCCCCCCCCC)COP(=O)(O)OCC(N)C(=O)O. The van der Waals surface area contributed by atoms with E-state index in [4.69, 9.17) is 24.8 Å². The van der Waals surface area contributed by atoms with Crippen LogP contribution >= 0.6 is 7.82 Å². The Labute approximate surface area is 342 Å². The molecule has 12 heteroatoms. The number of carboxylic acids is 1. The lowest BCUT2D eigenvalue weighted by Crippen LogP contribution is -2.34. The summed E-state index contributed by atoms with van der Waals surface area (Å²) in [6, 6.07) is -1.52. The van der Waals surface area contributed by atoms with Gasteiger partial charge in [-0.15, -0.1) is 0 Å². The van der Waals surface area contributed by atoms with Crippen LogP contribution in [0.15, 0.2) is 0 Å². The van der Waals surface area contributed by atoms with Gasteiger partial charge in [-0.1, -0.05) is 206 Å². The van der Waals surface area contributed by atoms with E-state index in [-0.39, 0.29) is 19.4 Å². The third-order valence-corrected chi connectivity index (χ3v) is 11.3. The smallest absolute Gasteiger partial charge is 0.472 e. The van der Waals surface area contributed by atoms with Crippen molar-refractivity contribution in [2.45, 2.75) is 244 Å². The zero-order valence-electron chi connectivity index (χ0n) is 36.0. The summed E-state index contributed by atoms with van der Waals surface area (Å²) in [5, 5.41) is 8.89. The molecular formula is C44H86NO10P. The normalized spacial score (nSPS) is 13.6. The van der Waals surface area contributed by atoms with E-state index in [9.17, 15) is 23.8 Å². The van der Waals surface area contributed by atoms with Crippen molar-refractivity contribution >= 4 is 25.7 Å². The number of rotatable bonds is 44. The number of esters is 2. The van der Waals surface area contributed by atoms with Crippen LogP contribution in [-0.2, 0) is 37.5 Å². The van der Waals surface area contributed by atoms with Crippen LogP contribution in [0.1, 0.15) is 232 Å². The number of carbonyl (C=O) groups is 3. The average molecular weight is 820 g/mol. The predicted octanol–water partition coefficient (Wildman–Crippen LogP) is 12.3. The summed E-state index contributed by atoms with van der Waals surface area (Å²) in [4.78, 5) is 46.0. The molecule has 0 bridgehead atoms. The monoisotopic (exact) mass is 820 g/mol. The van der Waals surface area contributed by atoms with E-state index in [1.807, 2.05) is 0 Å². The van der Waals surface area contributed by atoms with Crippen LogP contribution < -0.4 is 5.73 Å². The topological polar surface area (TPSA) is 172 Å². The van der Waals surface area contributed by atoms with Crippen molar-refractivity contribution in [3.05, 3.63) is 0 Å². The lowest BCUT2D eigenvalue weighted by atomic mass is 10.0. The zero-order valence-corrected chi connectivity index (χ0v) is 36.9. The Morgan fingerprint density at radius 2 is 0.786 bits per heavy atom. The second kappa shape index (κ2) is 40.3. The summed E-state index contributed by atoms with van der Waals surface area (Å²) in [5.41, 5.74) is 5.34. The Morgan fingerprint density at radius 3 is 1.12 bits per heavy atom. The highest BCUT2D eigenvalue weighted by molar-refractivity contribution is 7.47. The molecule has 3 unspecified atom stereocenters. The fourth-order valence-electron chi connectivity index (χ4n) is 6.71. The molecule has 0 aliphatic heterocycles. The van der Waals surface area contributed by atoms with Crippen molar-refractivity contribution in [3.63, 3.8) is 0 Å². The van der Waals surface area contributed by atoms with E-state index in [1.165, 1.54) is 154 Å².